The zero-order chi connectivity index (χ0) is 19.0. The molecule has 0 atom stereocenters. The van der Waals surface area contributed by atoms with Gasteiger partial charge >= 0.3 is 0 Å². The summed E-state index contributed by atoms with van der Waals surface area (Å²) in [5, 5.41) is 1.27. The SMILES string of the molecule is Cc1[nH]c2ccccc2c1CC1CCN(C(=O)c2ccc(F)c(F)c2)CC1. The van der Waals surface area contributed by atoms with Crippen molar-refractivity contribution in [3.63, 3.8) is 0 Å². The van der Waals surface area contributed by atoms with Gasteiger partial charge in [-0.3, -0.25) is 4.79 Å². The molecule has 1 fully saturated rings. The number of benzene rings is 2. The standard InChI is InChI=1S/C22H22F2N2O/c1-14-18(17-4-2-3-5-21(17)25-14)12-15-8-10-26(11-9-15)22(27)16-6-7-19(23)20(24)13-16/h2-7,13,15,25H,8-12H2,1H3. The van der Waals surface area contributed by atoms with E-state index in [1.807, 2.05) is 6.07 Å². The van der Waals surface area contributed by atoms with Gasteiger partial charge in [0.2, 0.25) is 0 Å². The lowest BCUT2D eigenvalue weighted by Gasteiger charge is -2.32. The van der Waals surface area contributed by atoms with E-state index in [4.69, 9.17) is 0 Å². The molecule has 1 aliphatic rings. The molecule has 27 heavy (non-hydrogen) atoms. The third kappa shape index (κ3) is 3.46. The van der Waals surface area contributed by atoms with Gasteiger partial charge in [0.05, 0.1) is 0 Å². The van der Waals surface area contributed by atoms with E-state index in [0.717, 1.165) is 36.9 Å². The number of piperidine rings is 1. The Morgan fingerprint density at radius 2 is 1.85 bits per heavy atom. The minimum Gasteiger partial charge on any atom is -0.358 e. The van der Waals surface area contributed by atoms with Crippen LogP contribution in [0.15, 0.2) is 42.5 Å². The first-order valence-corrected chi connectivity index (χ1v) is 9.33. The fraction of sp³-hybridized carbons (Fsp3) is 0.318. The zero-order valence-electron chi connectivity index (χ0n) is 15.3. The summed E-state index contributed by atoms with van der Waals surface area (Å²) in [6.07, 6.45) is 2.81. The van der Waals surface area contributed by atoms with Crippen LogP contribution in [0, 0.1) is 24.5 Å². The average molecular weight is 368 g/mol. The number of fused-ring (bicyclic) bond motifs is 1. The van der Waals surface area contributed by atoms with Crippen molar-refractivity contribution in [1.82, 2.24) is 9.88 Å². The van der Waals surface area contributed by atoms with Crippen molar-refractivity contribution in [3.05, 3.63) is 70.9 Å². The molecule has 3 nitrogen and oxygen atoms in total. The molecule has 1 aromatic heterocycles. The number of para-hydroxylation sites is 1. The summed E-state index contributed by atoms with van der Waals surface area (Å²) in [5.41, 5.74) is 3.93. The number of carbonyl (C=O) groups excluding carboxylic acids is 1. The molecule has 5 heteroatoms. The van der Waals surface area contributed by atoms with E-state index in [0.29, 0.717) is 19.0 Å². The lowest BCUT2D eigenvalue weighted by molar-refractivity contribution is 0.0690. The normalized spacial score (nSPS) is 15.4. The fourth-order valence-electron chi connectivity index (χ4n) is 4.04. The summed E-state index contributed by atoms with van der Waals surface area (Å²) in [4.78, 5) is 17.7. The van der Waals surface area contributed by atoms with Crippen LogP contribution < -0.4 is 0 Å². The second-order valence-corrected chi connectivity index (χ2v) is 7.34. The maximum absolute atomic E-state index is 13.4. The number of halogens is 2. The van der Waals surface area contributed by atoms with Gasteiger partial charge in [-0.2, -0.15) is 0 Å². The average Bonchev–Trinajstić information content (AvgIpc) is 2.99. The number of H-pyrrole nitrogens is 1. The molecular formula is C22H22F2N2O. The van der Waals surface area contributed by atoms with Crippen LogP contribution in [0.5, 0.6) is 0 Å². The van der Waals surface area contributed by atoms with Gasteiger partial charge in [0.1, 0.15) is 0 Å². The Bertz CT molecular complexity index is 987. The molecule has 2 heterocycles. The van der Waals surface area contributed by atoms with Crippen molar-refractivity contribution < 1.29 is 13.6 Å². The number of aryl methyl sites for hydroxylation is 1. The highest BCUT2D eigenvalue weighted by Crippen LogP contribution is 2.29. The molecule has 0 radical (unpaired) electrons. The molecule has 0 bridgehead atoms. The maximum atomic E-state index is 13.4. The summed E-state index contributed by atoms with van der Waals surface area (Å²) < 4.78 is 26.5. The van der Waals surface area contributed by atoms with Crippen molar-refractivity contribution in [3.8, 4) is 0 Å². The molecule has 4 rings (SSSR count). The molecule has 0 aliphatic carbocycles. The molecule has 1 N–H and O–H groups in total. The number of amides is 1. The number of hydrogen-bond donors (Lipinski definition) is 1. The van der Waals surface area contributed by atoms with Gasteiger partial charge in [0.15, 0.2) is 11.6 Å². The predicted octanol–water partition coefficient (Wildman–Crippen LogP) is 4.85. The predicted molar refractivity (Wildman–Crippen MR) is 102 cm³/mol. The van der Waals surface area contributed by atoms with Crippen LogP contribution in [0.4, 0.5) is 8.78 Å². The molecule has 1 saturated heterocycles. The quantitative estimate of drug-likeness (QED) is 0.705. The molecule has 0 saturated carbocycles. The molecule has 1 aliphatic heterocycles. The van der Waals surface area contributed by atoms with Gasteiger partial charge in [-0.25, -0.2) is 8.78 Å². The molecular weight excluding hydrogens is 346 g/mol. The Morgan fingerprint density at radius 3 is 2.59 bits per heavy atom. The number of aromatic nitrogens is 1. The number of carbonyl (C=O) groups is 1. The number of likely N-dealkylation sites (tertiary alicyclic amines) is 1. The van der Waals surface area contributed by atoms with E-state index >= 15 is 0 Å². The van der Waals surface area contributed by atoms with E-state index in [9.17, 15) is 13.6 Å². The second-order valence-electron chi connectivity index (χ2n) is 7.34. The molecule has 0 unspecified atom stereocenters. The Labute approximate surface area is 157 Å². The smallest absolute Gasteiger partial charge is 0.253 e. The van der Waals surface area contributed by atoms with E-state index in [1.54, 1.807) is 4.90 Å². The first-order valence-electron chi connectivity index (χ1n) is 9.33. The number of rotatable bonds is 3. The topological polar surface area (TPSA) is 36.1 Å². The summed E-state index contributed by atoms with van der Waals surface area (Å²) in [7, 11) is 0. The van der Waals surface area contributed by atoms with Crippen LogP contribution in [0.25, 0.3) is 10.9 Å². The van der Waals surface area contributed by atoms with Crippen LogP contribution >= 0.6 is 0 Å². The second kappa shape index (κ2) is 7.14. The highest BCUT2D eigenvalue weighted by atomic mass is 19.2. The van der Waals surface area contributed by atoms with Gasteiger partial charge in [0, 0.05) is 35.2 Å². The first kappa shape index (κ1) is 17.7. The first-order chi connectivity index (χ1) is 13.0. The Morgan fingerprint density at radius 1 is 1.11 bits per heavy atom. The minimum absolute atomic E-state index is 0.208. The van der Waals surface area contributed by atoms with E-state index in [1.165, 1.54) is 22.7 Å². The minimum atomic E-state index is -0.981. The van der Waals surface area contributed by atoms with Crippen LogP contribution in [-0.2, 0) is 6.42 Å². The van der Waals surface area contributed by atoms with Crippen molar-refractivity contribution in [2.75, 3.05) is 13.1 Å². The zero-order valence-corrected chi connectivity index (χ0v) is 15.3. The van der Waals surface area contributed by atoms with Crippen LogP contribution in [0.3, 0.4) is 0 Å². The Balaban J connectivity index is 1.42. The van der Waals surface area contributed by atoms with E-state index < -0.39 is 11.6 Å². The molecule has 1 amide bonds. The highest BCUT2D eigenvalue weighted by Gasteiger charge is 2.25. The lowest BCUT2D eigenvalue weighted by atomic mass is 9.89. The molecule has 2 aromatic carbocycles. The van der Waals surface area contributed by atoms with Crippen LogP contribution in [0.2, 0.25) is 0 Å². The van der Waals surface area contributed by atoms with E-state index in [2.05, 4.69) is 30.1 Å². The summed E-state index contributed by atoms with van der Waals surface area (Å²) >= 11 is 0. The van der Waals surface area contributed by atoms with Gasteiger partial charge in [-0.15, -0.1) is 0 Å². The van der Waals surface area contributed by atoms with Gasteiger partial charge in [-0.05, 0) is 61.9 Å². The van der Waals surface area contributed by atoms with E-state index in [-0.39, 0.29) is 11.5 Å². The highest BCUT2D eigenvalue weighted by molar-refractivity contribution is 5.94. The number of aromatic amines is 1. The molecule has 140 valence electrons. The monoisotopic (exact) mass is 368 g/mol. The largest absolute Gasteiger partial charge is 0.358 e. The van der Waals surface area contributed by atoms with Crippen LogP contribution in [-0.4, -0.2) is 28.9 Å². The third-order valence-corrected chi connectivity index (χ3v) is 5.59. The summed E-state index contributed by atoms with van der Waals surface area (Å²) in [5.74, 6) is -1.63. The maximum Gasteiger partial charge on any atom is 0.253 e. The lowest BCUT2D eigenvalue weighted by Crippen LogP contribution is -2.39. The van der Waals surface area contributed by atoms with Crippen molar-refractivity contribution in [1.29, 1.82) is 0 Å². The number of hydrogen-bond acceptors (Lipinski definition) is 1. The molecule has 0 spiro atoms. The van der Waals surface area contributed by atoms with Gasteiger partial charge < -0.3 is 9.88 Å². The summed E-state index contributed by atoms with van der Waals surface area (Å²) in [6, 6.07) is 11.7. The Kier molecular flexibility index (Phi) is 4.68. The third-order valence-electron chi connectivity index (χ3n) is 5.59. The molecule has 3 aromatic rings. The number of nitrogens with zero attached hydrogens (tertiary/aromatic N) is 1. The van der Waals surface area contributed by atoms with Crippen LogP contribution in [0.1, 0.15) is 34.5 Å². The number of nitrogens with one attached hydrogen (secondary N) is 1. The summed E-state index contributed by atoms with van der Waals surface area (Å²) in [6.45, 7) is 3.39. The van der Waals surface area contributed by atoms with Crippen molar-refractivity contribution in [2.45, 2.75) is 26.2 Å². The van der Waals surface area contributed by atoms with Crippen molar-refractivity contribution in [2.24, 2.45) is 5.92 Å². The van der Waals surface area contributed by atoms with Gasteiger partial charge in [-0.1, -0.05) is 18.2 Å². The Hall–Kier alpha value is -2.69. The van der Waals surface area contributed by atoms with Crippen molar-refractivity contribution >= 4 is 16.8 Å². The van der Waals surface area contributed by atoms with Gasteiger partial charge in [0.25, 0.3) is 5.91 Å². The fourth-order valence-corrected chi connectivity index (χ4v) is 4.04.